The Kier molecular flexibility index (Phi) is 8.37. The van der Waals surface area contributed by atoms with Crippen LogP contribution >= 0.6 is 0 Å². The molecule has 1 aliphatic heterocycles. The van der Waals surface area contributed by atoms with E-state index in [1.807, 2.05) is 121 Å². The molecular weight excluding hydrogens is 495 g/mol. The maximum absolute atomic E-state index is 12.4. The van der Waals surface area contributed by atoms with Crippen LogP contribution in [0.2, 0.25) is 0 Å². The van der Waals surface area contributed by atoms with Crippen LogP contribution in [-0.2, 0) is 4.79 Å². The van der Waals surface area contributed by atoms with E-state index in [2.05, 4.69) is 11.8 Å². The smallest absolute Gasteiger partial charge is 0.354 e. The van der Waals surface area contributed by atoms with E-state index in [4.69, 9.17) is 9.73 Å². The van der Waals surface area contributed by atoms with Crippen molar-refractivity contribution < 1.29 is 14.6 Å². The first-order chi connectivity index (χ1) is 19.7. The molecule has 4 aromatic rings. The number of hydrogen-bond acceptors (Lipinski definition) is 4. The van der Waals surface area contributed by atoms with E-state index in [1.54, 1.807) is 12.2 Å². The van der Waals surface area contributed by atoms with Gasteiger partial charge >= 0.3 is 5.97 Å². The molecule has 0 aromatic heterocycles. The van der Waals surface area contributed by atoms with Gasteiger partial charge in [0.15, 0.2) is 5.75 Å². The zero-order chi connectivity index (χ0) is 27.7. The molecule has 5 rings (SSSR count). The molecule has 0 spiro atoms. The van der Waals surface area contributed by atoms with Crippen molar-refractivity contribution >= 4 is 34.9 Å². The Hall–Kier alpha value is -5.10. The van der Waals surface area contributed by atoms with Crippen LogP contribution in [0.4, 0.5) is 5.69 Å². The Morgan fingerprint density at radius 3 is 2.00 bits per heavy atom. The summed E-state index contributed by atoms with van der Waals surface area (Å²) in [6, 6.07) is 37.7. The minimum atomic E-state index is -1.11. The monoisotopic (exact) mass is 524 g/mol. The van der Waals surface area contributed by atoms with E-state index in [-0.39, 0.29) is 12.4 Å². The van der Waals surface area contributed by atoms with E-state index >= 15 is 0 Å². The lowest BCUT2D eigenvalue weighted by atomic mass is 9.36. The van der Waals surface area contributed by atoms with Crippen molar-refractivity contribution in [2.75, 3.05) is 11.4 Å². The molecule has 1 aliphatic rings. The first-order valence-electron chi connectivity index (χ1n) is 13.3. The van der Waals surface area contributed by atoms with E-state index in [1.165, 1.54) is 6.08 Å². The lowest BCUT2D eigenvalue weighted by molar-refractivity contribution is -0.132. The Bertz CT molecular complexity index is 1540. The number of anilines is 1. The van der Waals surface area contributed by atoms with Gasteiger partial charge in [0, 0.05) is 12.2 Å². The molecular formula is C34H29BN2O3. The van der Waals surface area contributed by atoms with Crippen LogP contribution in [0.3, 0.4) is 0 Å². The van der Waals surface area contributed by atoms with Crippen molar-refractivity contribution in [1.29, 1.82) is 0 Å². The second kappa shape index (κ2) is 12.6. The van der Waals surface area contributed by atoms with Gasteiger partial charge in [0.2, 0.25) is 5.88 Å². The van der Waals surface area contributed by atoms with Crippen LogP contribution < -0.4 is 20.6 Å². The molecule has 0 saturated carbocycles. The average molecular weight is 524 g/mol. The Morgan fingerprint density at radius 2 is 1.40 bits per heavy atom. The summed E-state index contributed by atoms with van der Waals surface area (Å²) in [6.45, 7) is 2.54. The molecule has 5 nitrogen and oxygen atoms in total. The highest BCUT2D eigenvalue weighted by molar-refractivity contribution is 7.10. The Morgan fingerprint density at radius 1 is 0.825 bits per heavy atom. The van der Waals surface area contributed by atoms with E-state index in [0.29, 0.717) is 11.5 Å². The molecule has 40 heavy (non-hydrogen) atoms. The van der Waals surface area contributed by atoms with Gasteiger partial charge in [-0.05, 0) is 36.8 Å². The SMILES string of the molecule is CCN1/C(=C/C=C/C=C(\N=C(B(c2ccccc2)c2ccccc2)c2ccccc2)C(=O)O)Oc2ccccc21. The lowest BCUT2D eigenvalue weighted by Gasteiger charge is -2.18. The van der Waals surface area contributed by atoms with Crippen LogP contribution in [0, 0.1) is 0 Å². The van der Waals surface area contributed by atoms with E-state index < -0.39 is 5.97 Å². The fourth-order valence-corrected chi connectivity index (χ4v) is 4.78. The number of rotatable bonds is 9. The van der Waals surface area contributed by atoms with Gasteiger partial charge in [-0.15, -0.1) is 0 Å². The fraction of sp³-hybridized carbons (Fsp3) is 0.0588. The molecule has 196 valence electrons. The van der Waals surface area contributed by atoms with Gasteiger partial charge in [-0.3, -0.25) is 4.99 Å². The molecule has 0 atom stereocenters. The zero-order valence-corrected chi connectivity index (χ0v) is 22.2. The minimum Gasteiger partial charge on any atom is -0.477 e. The summed E-state index contributed by atoms with van der Waals surface area (Å²) in [7, 11) is 0. The van der Waals surface area contributed by atoms with E-state index in [0.717, 1.165) is 34.5 Å². The minimum absolute atomic E-state index is 0.0617. The van der Waals surface area contributed by atoms with Gasteiger partial charge < -0.3 is 14.7 Å². The number of allylic oxidation sites excluding steroid dienone is 4. The lowest BCUT2D eigenvalue weighted by Crippen LogP contribution is -2.49. The first kappa shape index (κ1) is 26.5. The highest BCUT2D eigenvalue weighted by Gasteiger charge is 2.28. The Balaban J connectivity index is 1.54. The van der Waals surface area contributed by atoms with Crippen molar-refractivity contribution in [2.24, 2.45) is 4.99 Å². The predicted octanol–water partition coefficient (Wildman–Crippen LogP) is 5.61. The maximum atomic E-state index is 12.4. The van der Waals surface area contributed by atoms with Crippen molar-refractivity contribution in [2.45, 2.75) is 6.92 Å². The van der Waals surface area contributed by atoms with Crippen molar-refractivity contribution in [3.63, 3.8) is 0 Å². The molecule has 0 aliphatic carbocycles. The molecule has 0 bridgehead atoms. The molecule has 0 amide bonds. The van der Waals surface area contributed by atoms with Crippen LogP contribution in [0.1, 0.15) is 12.5 Å². The maximum Gasteiger partial charge on any atom is 0.354 e. The van der Waals surface area contributed by atoms with Gasteiger partial charge in [-0.1, -0.05) is 126 Å². The number of carbonyl (C=O) groups is 1. The number of para-hydroxylation sites is 2. The number of ether oxygens (including phenoxy) is 1. The van der Waals surface area contributed by atoms with Gasteiger partial charge in [0.25, 0.3) is 6.71 Å². The third kappa shape index (κ3) is 5.97. The quantitative estimate of drug-likeness (QED) is 0.134. The topological polar surface area (TPSA) is 62.1 Å². The normalized spacial score (nSPS) is 14.3. The molecule has 1 heterocycles. The predicted molar refractivity (Wildman–Crippen MR) is 164 cm³/mol. The first-order valence-corrected chi connectivity index (χ1v) is 13.3. The number of nitrogens with zero attached hydrogens (tertiary/aromatic N) is 2. The second-order valence-corrected chi connectivity index (χ2v) is 9.18. The zero-order valence-electron chi connectivity index (χ0n) is 22.2. The van der Waals surface area contributed by atoms with Crippen LogP contribution in [0.15, 0.2) is 156 Å². The molecule has 0 saturated heterocycles. The van der Waals surface area contributed by atoms with Gasteiger partial charge in [0.05, 0.1) is 5.69 Å². The highest BCUT2D eigenvalue weighted by atomic mass is 16.5. The van der Waals surface area contributed by atoms with E-state index in [9.17, 15) is 9.90 Å². The summed E-state index contributed by atoms with van der Waals surface area (Å²) >= 11 is 0. The molecule has 0 unspecified atom stereocenters. The summed E-state index contributed by atoms with van der Waals surface area (Å²) in [4.78, 5) is 19.3. The van der Waals surface area contributed by atoms with Crippen molar-refractivity contribution in [3.05, 3.63) is 157 Å². The van der Waals surface area contributed by atoms with Crippen LogP contribution in [-0.4, -0.2) is 29.9 Å². The van der Waals surface area contributed by atoms with Gasteiger partial charge in [-0.2, -0.15) is 0 Å². The van der Waals surface area contributed by atoms with Crippen molar-refractivity contribution in [3.8, 4) is 5.75 Å². The summed E-state index contributed by atoms with van der Waals surface area (Å²) in [6.07, 6.45) is 6.81. The van der Waals surface area contributed by atoms with Gasteiger partial charge in [0.1, 0.15) is 5.70 Å². The molecule has 1 N–H and O–H groups in total. The van der Waals surface area contributed by atoms with Crippen LogP contribution in [0.25, 0.3) is 0 Å². The standard InChI is InChI=1S/C34H29BN2O3/c1-2-37-30-23-13-14-24-31(30)40-32(37)25-15-12-22-29(34(38)39)36-33(26-16-6-3-7-17-26)35(27-18-8-4-9-19-27)28-20-10-5-11-21-28/h3-25H,2H2,1H3,(H,38,39)/b15-12+,29-22-,32-25-,36-33?. The number of fused-ring (bicyclic) bond motifs is 1. The third-order valence-electron chi connectivity index (χ3n) is 6.63. The average Bonchev–Trinajstić information content (AvgIpc) is 3.36. The fourth-order valence-electron chi connectivity index (χ4n) is 4.78. The Labute approximate surface area is 235 Å². The molecule has 0 radical (unpaired) electrons. The molecule has 4 aromatic carbocycles. The van der Waals surface area contributed by atoms with Crippen molar-refractivity contribution in [1.82, 2.24) is 0 Å². The number of aliphatic imine (C=N–C) groups is 1. The summed E-state index contributed by atoms with van der Waals surface area (Å²) in [5.41, 5.74) is 4.52. The summed E-state index contributed by atoms with van der Waals surface area (Å²) < 4.78 is 5.99. The summed E-state index contributed by atoms with van der Waals surface area (Å²) in [5, 5.41) is 10.1. The highest BCUT2D eigenvalue weighted by Crippen LogP contribution is 2.38. The molecule has 0 fully saturated rings. The number of benzene rings is 4. The summed E-state index contributed by atoms with van der Waals surface area (Å²) in [5.74, 6) is 0.382. The third-order valence-corrected chi connectivity index (χ3v) is 6.63. The van der Waals surface area contributed by atoms with Crippen LogP contribution in [0.5, 0.6) is 5.75 Å². The number of aliphatic carboxylic acids is 1. The second-order valence-electron chi connectivity index (χ2n) is 9.18. The number of carboxylic acids is 1. The largest absolute Gasteiger partial charge is 0.477 e. The number of carboxylic acid groups (broad SMARTS) is 1. The number of hydrogen-bond donors (Lipinski definition) is 1. The van der Waals surface area contributed by atoms with Gasteiger partial charge in [-0.25, -0.2) is 4.79 Å². The molecule has 6 heteroatoms.